The van der Waals surface area contributed by atoms with Crippen LogP contribution in [0.3, 0.4) is 0 Å². The molecule has 0 aromatic heterocycles. The summed E-state index contributed by atoms with van der Waals surface area (Å²) in [5.74, 6) is -0.228. The molecular formula is C20H40O2. The molecule has 0 N–H and O–H groups in total. The van der Waals surface area contributed by atoms with E-state index >= 15 is 0 Å². The van der Waals surface area contributed by atoms with Crippen LogP contribution >= 0.6 is 0 Å². The van der Waals surface area contributed by atoms with Gasteiger partial charge in [-0.15, -0.1) is 0 Å². The van der Waals surface area contributed by atoms with E-state index in [0.29, 0.717) is 0 Å². The fraction of sp³-hybridized carbons (Fsp3) is 1.00. The Labute approximate surface area is 139 Å². The molecule has 0 aromatic rings. The Morgan fingerprint density at radius 1 is 0.591 bits per heavy atom. The van der Waals surface area contributed by atoms with E-state index in [1.54, 1.807) is 0 Å². The van der Waals surface area contributed by atoms with Crippen molar-refractivity contribution < 1.29 is 9.47 Å². The van der Waals surface area contributed by atoms with Gasteiger partial charge in [0.1, 0.15) is 0 Å². The van der Waals surface area contributed by atoms with Gasteiger partial charge in [-0.05, 0) is 19.3 Å². The van der Waals surface area contributed by atoms with Gasteiger partial charge in [0.25, 0.3) is 0 Å². The van der Waals surface area contributed by atoms with E-state index < -0.39 is 0 Å². The molecule has 1 aliphatic rings. The van der Waals surface area contributed by atoms with Crippen LogP contribution in [0.1, 0.15) is 110 Å². The SMILES string of the molecule is CCCCCCCCCCC1(CCCCCC)OCCCO1. The highest BCUT2D eigenvalue weighted by molar-refractivity contribution is 4.73. The van der Waals surface area contributed by atoms with Crippen LogP contribution in [0.2, 0.25) is 0 Å². The largest absolute Gasteiger partial charge is 0.350 e. The number of rotatable bonds is 14. The first kappa shape index (κ1) is 20.0. The van der Waals surface area contributed by atoms with Gasteiger partial charge in [-0.25, -0.2) is 0 Å². The van der Waals surface area contributed by atoms with Crippen molar-refractivity contribution in [1.29, 1.82) is 0 Å². The highest BCUT2D eigenvalue weighted by atomic mass is 16.7. The van der Waals surface area contributed by atoms with Crippen LogP contribution in [-0.2, 0) is 9.47 Å². The third-order valence-electron chi connectivity index (χ3n) is 4.84. The topological polar surface area (TPSA) is 18.5 Å². The molecule has 1 aliphatic heterocycles. The molecule has 0 aliphatic carbocycles. The Bertz CT molecular complexity index is 234. The Kier molecular flexibility index (Phi) is 12.1. The number of hydrogen-bond donors (Lipinski definition) is 0. The average Bonchev–Trinajstić information content (AvgIpc) is 2.55. The predicted octanol–water partition coefficient (Wildman–Crippen LogP) is 6.62. The van der Waals surface area contributed by atoms with Crippen LogP contribution in [0.25, 0.3) is 0 Å². The fourth-order valence-electron chi connectivity index (χ4n) is 3.38. The van der Waals surface area contributed by atoms with E-state index in [-0.39, 0.29) is 5.79 Å². The first-order valence-corrected chi connectivity index (χ1v) is 10.1. The Morgan fingerprint density at radius 2 is 1.00 bits per heavy atom. The zero-order valence-electron chi connectivity index (χ0n) is 15.3. The Morgan fingerprint density at radius 3 is 1.50 bits per heavy atom. The van der Waals surface area contributed by atoms with Crippen molar-refractivity contribution in [3.05, 3.63) is 0 Å². The molecule has 0 unspecified atom stereocenters. The molecule has 0 radical (unpaired) electrons. The molecule has 22 heavy (non-hydrogen) atoms. The van der Waals surface area contributed by atoms with Gasteiger partial charge in [-0.1, -0.05) is 78.1 Å². The summed E-state index contributed by atoms with van der Waals surface area (Å²) >= 11 is 0. The molecular weight excluding hydrogens is 272 g/mol. The lowest BCUT2D eigenvalue weighted by molar-refractivity contribution is -0.274. The molecule has 0 atom stereocenters. The first-order valence-electron chi connectivity index (χ1n) is 10.1. The number of ether oxygens (including phenoxy) is 2. The normalized spacial score (nSPS) is 17.7. The monoisotopic (exact) mass is 312 g/mol. The molecule has 0 aromatic carbocycles. The lowest BCUT2D eigenvalue weighted by Crippen LogP contribution is -2.40. The maximum absolute atomic E-state index is 6.08. The van der Waals surface area contributed by atoms with Crippen molar-refractivity contribution in [1.82, 2.24) is 0 Å². The van der Waals surface area contributed by atoms with Crippen molar-refractivity contribution in [2.75, 3.05) is 13.2 Å². The molecule has 2 heteroatoms. The standard InChI is InChI=1S/C20H40O2/c1-3-5-7-9-10-11-12-14-17-20(16-13-8-6-4-2)21-18-15-19-22-20/h3-19H2,1-2H3. The van der Waals surface area contributed by atoms with Crippen LogP contribution < -0.4 is 0 Å². The van der Waals surface area contributed by atoms with Crippen LogP contribution in [0.15, 0.2) is 0 Å². The van der Waals surface area contributed by atoms with Crippen molar-refractivity contribution in [3.63, 3.8) is 0 Å². The quantitative estimate of drug-likeness (QED) is 0.335. The van der Waals surface area contributed by atoms with Gasteiger partial charge in [0.15, 0.2) is 5.79 Å². The fourth-order valence-corrected chi connectivity index (χ4v) is 3.38. The average molecular weight is 313 g/mol. The van der Waals surface area contributed by atoms with Crippen molar-refractivity contribution in [2.24, 2.45) is 0 Å². The predicted molar refractivity (Wildman–Crippen MR) is 95.2 cm³/mol. The van der Waals surface area contributed by atoms with Gasteiger partial charge in [0, 0.05) is 12.8 Å². The molecule has 1 heterocycles. The van der Waals surface area contributed by atoms with E-state index in [2.05, 4.69) is 13.8 Å². The summed E-state index contributed by atoms with van der Waals surface area (Å²) < 4.78 is 12.2. The zero-order valence-corrected chi connectivity index (χ0v) is 15.3. The van der Waals surface area contributed by atoms with Gasteiger partial charge in [0.05, 0.1) is 13.2 Å². The maximum Gasteiger partial charge on any atom is 0.168 e. The smallest absolute Gasteiger partial charge is 0.168 e. The van der Waals surface area contributed by atoms with Gasteiger partial charge < -0.3 is 9.47 Å². The molecule has 0 saturated carbocycles. The lowest BCUT2D eigenvalue weighted by atomic mass is 9.98. The summed E-state index contributed by atoms with van der Waals surface area (Å²) in [5.41, 5.74) is 0. The number of hydrogen-bond acceptors (Lipinski definition) is 2. The molecule has 2 nitrogen and oxygen atoms in total. The third-order valence-corrected chi connectivity index (χ3v) is 4.84. The minimum absolute atomic E-state index is 0.228. The molecule has 1 rings (SSSR count). The molecule has 1 fully saturated rings. The summed E-state index contributed by atoms with van der Waals surface area (Å²) in [6.07, 6.45) is 19.5. The Balaban J connectivity index is 2.12. The second kappa shape index (κ2) is 13.4. The van der Waals surface area contributed by atoms with Crippen molar-refractivity contribution >= 4 is 0 Å². The maximum atomic E-state index is 6.08. The summed E-state index contributed by atoms with van der Waals surface area (Å²) in [4.78, 5) is 0. The van der Waals surface area contributed by atoms with Crippen molar-refractivity contribution in [2.45, 2.75) is 116 Å². The summed E-state index contributed by atoms with van der Waals surface area (Å²) in [6.45, 7) is 6.34. The van der Waals surface area contributed by atoms with Gasteiger partial charge in [0.2, 0.25) is 0 Å². The van der Waals surface area contributed by atoms with Crippen LogP contribution in [0.4, 0.5) is 0 Å². The van der Waals surface area contributed by atoms with Gasteiger partial charge in [-0.2, -0.15) is 0 Å². The summed E-state index contributed by atoms with van der Waals surface area (Å²) in [7, 11) is 0. The molecule has 0 amide bonds. The van der Waals surface area contributed by atoms with E-state index in [1.807, 2.05) is 0 Å². The van der Waals surface area contributed by atoms with E-state index in [9.17, 15) is 0 Å². The summed E-state index contributed by atoms with van der Waals surface area (Å²) in [6, 6.07) is 0. The lowest BCUT2D eigenvalue weighted by Gasteiger charge is -2.37. The van der Waals surface area contributed by atoms with E-state index in [1.165, 1.54) is 77.0 Å². The van der Waals surface area contributed by atoms with E-state index in [0.717, 1.165) is 32.5 Å². The molecule has 132 valence electrons. The van der Waals surface area contributed by atoms with Gasteiger partial charge in [-0.3, -0.25) is 0 Å². The van der Waals surface area contributed by atoms with Crippen molar-refractivity contribution in [3.8, 4) is 0 Å². The Hall–Kier alpha value is -0.0800. The van der Waals surface area contributed by atoms with Crippen LogP contribution in [0, 0.1) is 0 Å². The van der Waals surface area contributed by atoms with Gasteiger partial charge >= 0.3 is 0 Å². The van der Waals surface area contributed by atoms with Crippen LogP contribution in [-0.4, -0.2) is 19.0 Å². The van der Waals surface area contributed by atoms with E-state index in [4.69, 9.17) is 9.47 Å². The first-order chi connectivity index (χ1) is 10.8. The molecule has 0 spiro atoms. The minimum Gasteiger partial charge on any atom is -0.350 e. The molecule has 1 saturated heterocycles. The third kappa shape index (κ3) is 9.15. The van der Waals surface area contributed by atoms with Crippen LogP contribution in [0.5, 0.6) is 0 Å². The second-order valence-electron chi connectivity index (χ2n) is 7.00. The minimum atomic E-state index is -0.228. The highest BCUT2D eigenvalue weighted by Gasteiger charge is 2.33. The highest BCUT2D eigenvalue weighted by Crippen LogP contribution is 2.31. The number of unbranched alkanes of at least 4 members (excludes halogenated alkanes) is 10. The second-order valence-corrected chi connectivity index (χ2v) is 7.00. The summed E-state index contributed by atoms with van der Waals surface area (Å²) in [5, 5.41) is 0. The zero-order chi connectivity index (χ0) is 15.9. The molecule has 0 bridgehead atoms.